The topological polar surface area (TPSA) is 55.4 Å². The first-order valence-electron chi connectivity index (χ1n) is 7.91. The zero-order valence-electron chi connectivity index (χ0n) is 13.4. The maximum Gasteiger partial charge on any atom is 0.232 e. The lowest BCUT2D eigenvalue weighted by molar-refractivity contribution is -0.118. The van der Waals surface area contributed by atoms with E-state index in [2.05, 4.69) is 5.32 Å². The Labute approximate surface area is 135 Å². The van der Waals surface area contributed by atoms with E-state index in [0.717, 1.165) is 42.6 Å². The molecule has 0 radical (unpaired) electrons. The van der Waals surface area contributed by atoms with Gasteiger partial charge in [0.05, 0.1) is 6.54 Å². The van der Waals surface area contributed by atoms with Gasteiger partial charge in [0, 0.05) is 16.0 Å². The number of hydrogen-bond acceptors (Lipinski definition) is 3. The van der Waals surface area contributed by atoms with Crippen molar-refractivity contribution in [1.82, 2.24) is 5.32 Å². The van der Waals surface area contributed by atoms with Crippen LogP contribution in [0.4, 0.5) is 0 Å². The number of aryl methyl sites for hydroxylation is 2. The van der Waals surface area contributed by atoms with E-state index in [1.54, 1.807) is 0 Å². The van der Waals surface area contributed by atoms with E-state index in [4.69, 9.17) is 4.74 Å². The van der Waals surface area contributed by atoms with Crippen LogP contribution in [0.2, 0.25) is 0 Å². The van der Waals surface area contributed by atoms with Gasteiger partial charge in [-0.15, -0.1) is 0 Å². The maximum atomic E-state index is 12.0. The largest absolute Gasteiger partial charge is 0.491 e. The average Bonchev–Trinajstić information content (AvgIpc) is 3.00. The van der Waals surface area contributed by atoms with Crippen LogP contribution in [-0.2, 0) is 15.6 Å². The molecule has 1 atom stereocenters. The minimum absolute atomic E-state index is 0.119. The summed E-state index contributed by atoms with van der Waals surface area (Å²) in [6.07, 6.45) is 4.27. The van der Waals surface area contributed by atoms with Gasteiger partial charge in [0.15, 0.2) is 0 Å². The first-order valence-corrected chi connectivity index (χ1v) is 9.29. The van der Waals surface area contributed by atoms with Gasteiger partial charge in [0.2, 0.25) is 5.91 Å². The van der Waals surface area contributed by atoms with Gasteiger partial charge in [-0.05, 0) is 37.8 Å². The summed E-state index contributed by atoms with van der Waals surface area (Å²) in [5.41, 5.74) is 2.18. The van der Waals surface area contributed by atoms with Gasteiger partial charge in [-0.1, -0.05) is 31.0 Å². The highest BCUT2D eigenvalue weighted by Crippen LogP contribution is 2.23. The molecule has 1 aliphatic carbocycles. The third-order valence-electron chi connectivity index (χ3n) is 4.03. The molecule has 0 bridgehead atoms. The number of nitrogens with one attached hydrogen (secondary N) is 1. The summed E-state index contributed by atoms with van der Waals surface area (Å²) in [5.74, 6) is 0.857. The Morgan fingerprint density at radius 2 is 1.91 bits per heavy atom. The Morgan fingerprint density at radius 1 is 1.27 bits per heavy atom. The summed E-state index contributed by atoms with van der Waals surface area (Å²) >= 11 is 0. The molecule has 0 spiro atoms. The third-order valence-corrected chi connectivity index (χ3v) is 5.79. The van der Waals surface area contributed by atoms with Crippen molar-refractivity contribution in [3.05, 3.63) is 29.3 Å². The van der Waals surface area contributed by atoms with Crippen LogP contribution in [-0.4, -0.2) is 34.3 Å². The summed E-state index contributed by atoms with van der Waals surface area (Å²) in [7, 11) is -1.03. The zero-order valence-corrected chi connectivity index (χ0v) is 14.2. The van der Waals surface area contributed by atoms with Crippen molar-refractivity contribution in [2.24, 2.45) is 0 Å². The molecule has 1 aromatic rings. The van der Waals surface area contributed by atoms with Crippen LogP contribution in [0, 0.1) is 13.8 Å². The highest BCUT2D eigenvalue weighted by Gasteiger charge is 2.22. The second-order valence-electron chi connectivity index (χ2n) is 5.85. The molecule has 4 nitrogen and oxygen atoms in total. The summed E-state index contributed by atoms with van der Waals surface area (Å²) < 4.78 is 17.8. The standard InChI is InChI=1S/C17H25NO3S/c1-13-6-5-7-14(2)17(13)21-11-10-18-16(19)12-22(20)15-8-3-4-9-15/h5-7,15H,3-4,8-12H2,1-2H3,(H,18,19)/t22-/m1/s1. The smallest absolute Gasteiger partial charge is 0.232 e. The van der Waals surface area contributed by atoms with Crippen molar-refractivity contribution < 1.29 is 13.7 Å². The Kier molecular flexibility index (Phi) is 6.43. The van der Waals surface area contributed by atoms with Crippen LogP contribution in [0.25, 0.3) is 0 Å². The fraction of sp³-hybridized carbons (Fsp3) is 0.588. The molecule has 22 heavy (non-hydrogen) atoms. The highest BCUT2D eigenvalue weighted by atomic mass is 32.2. The van der Waals surface area contributed by atoms with E-state index in [0.29, 0.717) is 13.2 Å². The zero-order chi connectivity index (χ0) is 15.9. The Bertz CT molecular complexity index is 518. The Hall–Kier alpha value is -1.36. The van der Waals surface area contributed by atoms with E-state index in [1.807, 2.05) is 32.0 Å². The summed E-state index contributed by atoms with van der Waals surface area (Å²) in [5, 5.41) is 3.01. The van der Waals surface area contributed by atoms with E-state index in [-0.39, 0.29) is 16.9 Å². The van der Waals surface area contributed by atoms with Crippen LogP contribution in [0.15, 0.2) is 18.2 Å². The van der Waals surface area contributed by atoms with E-state index < -0.39 is 10.8 Å². The van der Waals surface area contributed by atoms with Gasteiger partial charge in [-0.3, -0.25) is 9.00 Å². The molecule has 0 aliphatic heterocycles. The molecule has 0 heterocycles. The number of benzene rings is 1. The minimum atomic E-state index is -1.03. The molecule has 1 N–H and O–H groups in total. The molecule has 0 aromatic heterocycles. The van der Waals surface area contributed by atoms with Crippen molar-refractivity contribution in [3.63, 3.8) is 0 Å². The molecule has 1 aromatic carbocycles. The number of rotatable bonds is 7. The van der Waals surface area contributed by atoms with Crippen molar-refractivity contribution in [1.29, 1.82) is 0 Å². The maximum absolute atomic E-state index is 12.0. The molecule has 2 rings (SSSR count). The molecular weight excluding hydrogens is 298 g/mol. The normalized spacial score (nSPS) is 16.5. The average molecular weight is 323 g/mol. The number of ether oxygens (including phenoxy) is 1. The van der Waals surface area contributed by atoms with Crippen LogP contribution in [0.1, 0.15) is 36.8 Å². The summed E-state index contributed by atoms with van der Waals surface area (Å²) in [4.78, 5) is 11.8. The van der Waals surface area contributed by atoms with Crippen molar-refractivity contribution in [2.75, 3.05) is 18.9 Å². The summed E-state index contributed by atoms with van der Waals surface area (Å²) in [6.45, 7) is 4.87. The van der Waals surface area contributed by atoms with E-state index >= 15 is 0 Å². The molecule has 1 fully saturated rings. The van der Waals surface area contributed by atoms with Crippen molar-refractivity contribution in [3.8, 4) is 5.75 Å². The molecule has 5 heteroatoms. The Morgan fingerprint density at radius 3 is 2.55 bits per heavy atom. The molecule has 0 saturated heterocycles. The second kappa shape index (κ2) is 8.32. The van der Waals surface area contributed by atoms with Crippen LogP contribution >= 0.6 is 0 Å². The predicted molar refractivity (Wildman–Crippen MR) is 89.7 cm³/mol. The fourth-order valence-electron chi connectivity index (χ4n) is 2.82. The molecule has 1 amide bonds. The highest BCUT2D eigenvalue weighted by molar-refractivity contribution is 7.86. The van der Waals surface area contributed by atoms with Gasteiger partial charge < -0.3 is 10.1 Å². The SMILES string of the molecule is Cc1cccc(C)c1OCCNC(=O)C[S@@](=O)C1CCCC1. The lowest BCUT2D eigenvalue weighted by Crippen LogP contribution is -2.33. The quantitative estimate of drug-likeness (QED) is 0.784. The van der Waals surface area contributed by atoms with Crippen LogP contribution < -0.4 is 10.1 Å². The summed E-state index contributed by atoms with van der Waals surface area (Å²) in [6, 6.07) is 6.01. The van der Waals surface area contributed by atoms with Gasteiger partial charge >= 0.3 is 0 Å². The lowest BCUT2D eigenvalue weighted by atomic mass is 10.1. The van der Waals surface area contributed by atoms with Gasteiger partial charge in [-0.2, -0.15) is 0 Å². The van der Waals surface area contributed by atoms with Gasteiger partial charge in [-0.25, -0.2) is 0 Å². The first kappa shape index (κ1) is 17.0. The number of carbonyl (C=O) groups excluding carboxylic acids is 1. The van der Waals surface area contributed by atoms with E-state index in [1.165, 1.54) is 0 Å². The van der Waals surface area contributed by atoms with Crippen LogP contribution in [0.5, 0.6) is 5.75 Å². The number of para-hydroxylation sites is 1. The number of hydrogen-bond donors (Lipinski definition) is 1. The van der Waals surface area contributed by atoms with Gasteiger partial charge in [0.1, 0.15) is 18.1 Å². The van der Waals surface area contributed by atoms with Crippen molar-refractivity contribution in [2.45, 2.75) is 44.8 Å². The van der Waals surface area contributed by atoms with Gasteiger partial charge in [0.25, 0.3) is 0 Å². The monoisotopic (exact) mass is 323 g/mol. The van der Waals surface area contributed by atoms with E-state index in [9.17, 15) is 9.00 Å². The fourth-order valence-corrected chi connectivity index (χ4v) is 4.28. The molecule has 0 unspecified atom stereocenters. The third kappa shape index (κ3) is 4.83. The number of amides is 1. The minimum Gasteiger partial charge on any atom is -0.491 e. The lowest BCUT2D eigenvalue weighted by Gasteiger charge is -2.13. The second-order valence-corrected chi connectivity index (χ2v) is 7.57. The Balaban J connectivity index is 1.68. The molecule has 1 saturated carbocycles. The first-order chi connectivity index (χ1) is 10.6. The molecule has 122 valence electrons. The van der Waals surface area contributed by atoms with Crippen molar-refractivity contribution >= 4 is 16.7 Å². The molecule has 1 aliphatic rings. The molecular formula is C17H25NO3S. The predicted octanol–water partition coefficient (Wildman–Crippen LogP) is 2.49. The number of carbonyl (C=O) groups is 1. The van der Waals surface area contributed by atoms with Crippen LogP contribution in [0.3, 0.4) is 0 Å².